The predicted molar refractivity (Wildman–Crippen MR) is 69.2 cm³/mol. The van der Waals surface area contributed by atoms with Crippen molar-refractivity contribution in [2.45, 2.75) is 20.3 Å². The first-order valence-electron chi connectivity index (χ1n) is 5.05. The number of rotatable bonds is 4. The van der Waals surface area contributed by atoms with Crippen molar-refractivity contribution >= 4 is 34.8 Å². The number of alkyl halides is 1. The van der Waals surface area contributed by atoms with Gasteiger partial charge in [0.05, 0.1) is 0 Å². The quantitative estimate of drug-likeness (QED) is 0.669. The van der Waals surface area contributed by atoms with Crippen LogP contribution in [0, 0.1) is 11.8 Å². The summed E-state index contributed by atoms with van der Waals surface area (Å²) in [5.41, 5.74) is 1.01. The van der Waals surface area contributed by atoms with Gasteiger partial charge in [-0.3, -0.25) is 0 Å². The lowest BCUT2D eigenvalue weighted by atomic mass is 9.91. The van der Waals surface area contributed by atoms with Crippen LogP contribution in [0.1, 0.15) is 19.4 Å². The Kier molecular flexibility index (Phi) is 5.25. The fraction of sp³-hybridized carbons (Fsp3) is 0.500. The van der Waals surface area contributed by atoms with Crippen LogP contribution in [0.3, 0.4) is 0 Å². The fourth-order valence-electron chi connectivity index (χ4n) is 1.46. The van der Waals surface area contributed by atoms with E-state index in [4.69, 9.17) is 34.8 Å². The van der Waals surface area contributed by atoms with Crippen molar-refractivity contribution in [3.63, 3.8) is 0 Å². The summed E-state index contributed by atoms with van der Waals surface area (Å²) in [5, 5.41) is 1.47. The second-order valence-electron chi connectivity index (χ2n) is 4.06. The van der Waals surface area contributed by atoms with Crippen molar-refractivity contribution in [3.8, 4) is 0 Å². The lowest BCUT2D eigenvalue weighted by molar-refractivity contribution is 0.422. The SMILES string of the molecule is CC(C)C(CCl)Cc1c(Cl)cccc1Cl. The standard InChI is InChI=1S/C12H15Cl3/c1-8(2)9(7-13)6-10-11(14)4-3-5-12(10)15/h3-5,8-9H,6-7H2,1-2H3. The lowest BCUT2D eigenvalue weighted by Crippen LogP contribution is -2.14. The fourth-order valence-corrected chi connectivity index (χ4v) is 2.48. The first kappa shape index (κ1) is 13.2. The highest BCUT2D eigenvalue weighted by Gasteiger charge is 2.16. The molecule has 1 rings (SSSR count). The molecule has 0 radical (unpaired) electrons. The molecule has 0 heterocycles. The molecule has 0 bridgehead atoms. The second kappa shape index (κ2) is 5.98. The number of hydrogen-bond acceptors (Lipinski definition) is 0. The smallest absolute Gasteiger partial charge is 0.0452 e. The van der Waals surface area contributed by atoms with Gasteiger partial charge >= 0.3 is 0 Å². The van der Waals surface area contributed by atoms with Crippen LogP contribution in [-0.4, -0.2) is 5.88 Å². The van der Waals surface area contributed by atoms with Crippen LogP contribution >= 0.6 is 34.8 Å². The molecule has 84 valence electrons. The largest absolute Gasteiger partial charge is 0.126 e. The van der Waals surface area contributed by atoms with Gasteiger partial charge in [0.2, 0.25) is 0 Å². The summed E-state index contributed by atoms with van der Waals surface area (Å²) in [7, 11) is 0. The van der Waals surface area contributed by atoms with E-state index >= 15 is 0 Å². The molecular weight excluding hydrogens is 250 g/mol. The Hall–Kier alpha value is 0.0900. The third-order valence-electron chi connectivity index (χ3n) is 2.67. The average Bonchev–Trinajstić information content (AvgIpc) is 2.17. The highest BCUT2D eigenvalue weighted by atomic mass is 35.5. The van der Waals surface area contributed by atoms with Crippen molar-refractivity contribution in [1.82, 2.24) is 0 Å². The molecule has 1 atom stereocenters. The molecule has 0 amide bonds. The van der Waals surface area contributed by atoms with E-state index in [2.05, 4.69) is 13.8 Å². The van der Waals surface area contributed by atoms with Gasteiger partial charge in [-0.2, -0.15) is 0 Å². The zero-order valence-corrected chi connectivity index (χ0v) is 11.2. The van der Waals surface area contributed by atoms with E-state index in [0.717, 1.165) is 22.0 Å². The molecule has 0 saturated carbocycles. The van der Waals surface area contributed by atoms with E-state index < -0.39 is 0 Å². The van der Waals surface area contributed by atoms with E-state index in [1.54, 1.807) is 0 Å². The first-order chi connectivity index (χ1) is 7.06. The van der Waals surface area contributed by atoms with Crippen molar-refractivity contribution in [1.29, 1.82) is 0 Å². The number of hydrogen-bond donors (Lipinski definition) is 0. The van der Waals surface area contributed by atoms with Gasteiger partial charge in [-0.15, -0.1) is 11.6 Å². The molecule has 1 aromatic carbocycles. The molecule has 0 fully saturated rings. The van der Waals surface area contributed by atoms with Gasteiger partial charge in [0.15, 0.2) is 0 Å². The molecule has 0 aliphatic heterocycles. The molecule has 0 saturated heterocycles. The summed E-state index contributed by atoms with van der Waals surface area (Å²) in [6.45, 7) is 4.33. The van der Waals surface area contributed by atoms with Gasteiger partial charge < -0.3 is 0 Å². The zero-order valence-electron chi connectivity index (χ0n) is 8.93. The van der Waals surface area contributed by atoms with Crippen LogP contribution in [0.15, 0.2) is 18.2 Å². The molecule has 0 aliphatic carbocycles. The monoisotopic (exact) mass is 264 g/mol. The second-order valence-corrected chi connectivity index (χ2v) is 5.19. The van der Waals surface area contributed by atoms with Gasteiger partial charge in [-0.1, -0.05) is 43.1 Å². The maximum Gasteiger partial charge on any atom is 0.0452 e. The topological polar surface area (TPSA) is 0 Å². The maximum atomic E-state index is 6.11. The Balaban J connectivity index is 2.87. The molecular formula is C12H15Cl3. The van der Waals surface area contributed by atoms with Gasteiger partial charge in [-0.05, 0) is 36.0 Å². The Labute approximate surface area is 107 Å². The van der Waals surface area contributed by atoms with Crippen LogP contribution < -0.4 is 0 Å². The molecule has 3 heteroatoms. The van der Waals surface area contributed by atoms with Crippen LogP contribution in [0.25, 0.3) is 0 Å². The average molecular weight is 266 g/mol. The summed E-state index contributed by atoms with van der Waals surface area (Å²) in [5.74, 6) is 1.60. The Morgan fingerprint density at radius 1 is 1.13 bits per heavy atom. The summed E-state index contributed by atoms with van der Waals surface area (Å²) in [6.07, 6.45) is 0.847. The maximum absolute atomic E-state index is 6.11. The first-order valence-corrected chi connectivity index (χ1v) is 6.34. The minimum atomic E-state index is 0.420. The molecule has 15 heavy (non-hydrogen) atoms. The van der Waals surface area contributed by atoms with Crippen molar-refractivity contribution in [2.75, 3.05) is 5.88 Å². The van der Waals surface area contributed by atoms with Crippen LogP contribution in [0.2, 0.25) is 10.0 Å². The highest BCUT2D eigenvalue weighted by molar-refractivity contribution is 6.36. The van der Waals surface area contributed by atoms with Crippen LogP contribution in [0.5, 0.6) is 0 Å². The Morgan fingerprint density at radius 2 is 1.67 bits per heavy atom. The van der Waals surface area contributed by atoms with E-state index in [1.807, 2.05) is 18.2 Å². The molecule has 0 nitrogen and oxygen atoms in total. The summed E-state index contributed by atoms with van der Waals surface area (Å²) < 4.78 is 0. The van der Waals surface area contributed by atoms with E-state index in [1.165, 1.54) is 0 Å². The van der Waals surface area contributed by atoms with Crippen LogP contribution in [-0.2, 0) is 6.42 Å². The summed E-state index contributed by atoms with van der Waals surface area (Å²) in [4.78, 5) is 0. The van der Waals surface area contributed by atoms with Gasteiger partial charge in [0.25, 0.3) is 0 Å². The van der Waals surface area contributed by atoms with E-state index in [0.29, 0.717) is 17.7 Å². The van der Waals surface area contributed by atoms with Crippen molar-refractivity contribution in [2.24, 2.45) is 11.8 Å². The molecule has 0 N–H and O–H groups in total. The van der Waals surface area contributed by atoms with Gasteiger partial charge in [0, 0.05) is 15.9 Å². The Bertz CT molecular complexity index is 300. The third-order valence-corrected chi connectivity index (χ3v) is 3.77. The number of benzene rings is 1. The normalized spacial score (nSPS) is 13.2. The summed E-state index contributed by atoms with van der Waals surface area (Å²) >= 11 is 18.1. The van der Waals surface area contributed by atoms with Crippen molar-refractivity contribution < 1.29 is 0 Å². The molecule has 0 aromatic heterocycles. The molecule has 0 spiro atoms. The molecule has 0 aliphatic rings. The highest BCUT2D eigenvalue weighted by Crippen LogP contribution is 2.29. The van der Waals surface area contributed by atoms with E-state index in [-0.39, 0.29) is 0 Å². The lowest BCUT2D eigenvalue weighted by Gasteiger charge is -2.19. The van der Waals surface area contributed by atoms with Crippen molar-refractivity contribution in [3.05, 3.63) is 33.8 Å². The third kappa shape index (κ3) is 3.55. The van der Waals surface area contributed by atoms with Crippen LogP contribution in [0.4, 0.5) is 0 Å². The Morgan fingerprint density at radius 3 is 2.07 bits per heavy atom. The zero-order chi connectivity index (χ0) is 11.4. The minimum absolute atomic E-state index is 0.420. The minimum Gasteiger partial charge on any atom is -0.126 e. The summed E-state index contributed by atoms with van der Waals surface area (Å²) in [6, 6.07) is 5.60. The molecule has 1 aromatic rings. The van der Waals surface area contributed by atoms with Gasteiger partial charge in [0.1, 0.15) is 0 Å². The van der Waals surface area contributed by atoms with Gasteiger partial charge in [-0.25, -0.2) is 0 Å². The van der Waals surface area contributed by atoms with E-state index in [9.17, 15) is 0 Å². The number of halogens is 3. The predicted octanol–water partition coefficient (Wildman–Crippen LogP) is 5.05. The molecule has 1 unspecified atom stereocenters.